The lowest BCUT2D eigenvalue weighted by atomic mass is 9.89. The van der Waals surface area contributed by atoms with Gasteiger partial charge in [-0.25, -0.2) is 4.39 Å². The molecule has 3 aromatic carbocycles. The summed E-state index contributed by atoms with van der Waals surface area (Å²) in [6, 6.07) is 17.6. The molecule has 1 fully saturated rings. The maximum absolute atomic E-state index is 14.6. The van der Waals surface area contributed by atoms with Gasteiger partial charge in [-0.05, 0) is 93.4 Å². The van der Waals surface area contributed by atoms with E-state index in [-0.39, 0.29) is 23.8 Å². The molecule has 0 bridgehead atoms. The number of aromatic nitrogens is 2. The molecule has 250 valence electrons. The van der Waals surface area contributed by atoms with Gasteiger partial charge in [0.15, 0.2) is 0 Å². The first-order chi connectivity index (χ1) is 23.1. The maximum Gasteiger partial charge on any atom is 0.272 e. The van der Waals surface area contributed by atoms with E-state index >= 15 is 0 Å². The summed E-state index contributed by atoms with van der Waals surface area (Å²) in [5.41, 5.74) is 11.0. The molecule has 48 heavy (non-hydrogen) atoms. The molecule has 3 heterocycles. The van der Waals surface area contributed by atoms with Crippen LogP contribution in [0.5, 0.6) is 0 Å². The van der Waals surface area contributed by atoms with E-state index in [1.165, 1.54) is 11.1 Å². The molecule has 0 spiro atoms. The number of carbonyl (C=O) groups excluding carboxylic acids is 2. The van der Waals surface area contributed by atoms with Gasteiger partial charge in [-0.3, -0.25) is 9.59 Å². The first-order valence-corrected chi connectivity index (χ1v) is 16.1. The Bertz CT molecular complexity index is 1830. The second-order valence-electron chi connectivity index (χ2n) is 12.6. The number of halogens is 1. The molecule has 2 amide bonds. The van der Waals surface area contributed by atoms with Crippen LogP contribution in [0.3, 0.4) is 0 Å². The molecule has 6 rings (SSSR count). The SMILES string of the molecule is Cc1nc(-c2ccc(NC(=O)C3c4cccc(N5CCC(N(C)C)CC5)c4CCN3C(=O)/C(N)=C/Nc3cccc(C)c3F)cc2)no1. The molecular formula is C36H41FN8O3. The topological polar surface area (TPSA) is 133 Å². The Hall–Kier alpha value is -5.23. The summed E-state index contributed by atoms with van der Waals surface area (Å²) in [6.07, 6.45) is 3.93. The molecule has 0 saturated carbocycles. The normalized spacial score (nSPS) is 17.0. The van der Waals surface area contributed by atoms with Gasteiger partial charge in [0, 0.05) is 55.7 Å². The van der Waals surface area contributed by atoms with Gasteiger partial charge in [-0.1, -0.05) is 29.4 Å². The Morgan fingerprint density at radius 1 is 1.02 bits per heavy atom. The number of rotatable bonds is 8. The van der Waals surface area contributed by atoms with Gasteiger partial charge in [0.1, 0.15) is 17.6 Å². The van der Waals surface area contributed by atoms with E-state index < -0.39 is 17.8 Å². The van der Waals surface area contributed by atoms with Crippen LogP contribution in [0, 0.1) is 19.7 Å². The number of hydrogen-bond acceptors (Lipinski definition) is 9. The van der Waals surface area contributed by atoms with E-state index in [0.717, 1.165) is 48.3 Å². The Kier molecular flexibility index (Phi) is 9.44. The highest BCUT2D eigenvalue weighted by atomic mass is 19.1. The van der Waals surface area contributed by atoms with Crippen molar-refractivity contribution in [2.75, 3.05) is 49.3 Å². The highest BCUT2D eigenvalue weighted by Gasteiger charge is 2.38. The van der Waals surface area contributed by atoms with Crippen molar-refractivity contribution >= 4 is 28.9 Å². The number of hydrogen-bond donors (Lipinski definition) is 3. The van der Waals surface area contributed by atoms with E-state index in [2.05, 4.69) is 50.7 Å². The van der Waals surface area contributed by atoms with E-state index in [9.17, 15) is 14.0 Å². The van der Waals surface area contributed by atoms with E-state index in [1.54, 1.807) is 56.3 Å². The maximum atomic E-state index is 14.6. The fourth-order valence-corrected chi connectivity index (χ4v) is 6.54. The summed E-state index contributed by atoms with van der Waals surface area (Å²) < 4.78 is 19.7. The van der Waals surface area contributed by atoms with E-state index in [1.807, 2.05) is 12.1 Å². The van der Waals surface area contributed by atoms with Gasteiger partial charge in [0.25, 0.3) is 11.8 Å². The summed E-state index contributed by atoms with van der Waals surface area (Å²) in [5, 5.41) is 9.79. The summed E-state index contributed by atoms with van der Waals surface area (Å²) in [6.45, 7) is 5.46. The van der Waals surface area contributed by atoms with Crippen LogP contribution in [0.25, 0.3) is 11.4 Å². The first-order valence-electron chi connectivity index (χ1n) is 16.1. The van der Waals surface area contributed by atoms with Crippen LogP contribution in [-0.2, 0) is 16.0 Å². The van der Waals surface area contributed by atoms with Crippen molar-refractivity contribution in [1.29, 1.82) is 0 Å². The molecule has 0 aliphatic carbocycles. The first kappa shape index (κ1) is 32.7. The van der Waals surface area contributed by atoms with Gasteiger partial charge in [-0.15, -0.1) is 0 Å². The van der Waals surface area contributed by atoms with Crippen LogP contribution in [0.4, 0.5) is 21.5 Å². The molecule has 4 N–H and O–H groups in total. The number of benzene rings is 3. The van der Waals surface area contributed by atoms with Crippen molar-refractivity contribution in [2.45, 2.75) is 45.2 Å². The number of carbonyl (C=O) groups is 2. The number of fused-ring (bicyclic) bond motifs is 1. The van der Waals surface area contributed by atoms with Gasteiger partial charge >= 0.3 is 0 Å². The summed E-state index contributed by atoms with van der Waals surface area (Å²) in [4.78, 5) is 38.5. The molecule has 11 nitrogen and oxygen atoms in total. The second kappa shape index (κ2) is 13.9. The number of amides is 2. The highest BCUT2D eigenvalue weighted by Crippen LogP contribution is 2.38. The number of nitrogens with two attached hydrogens (primary N) is 1. The fraction of sp³-hybridized carbons (Fsp3) is 0.333. The zero-order valence-corrected chi connectivity index (χ0v) is 27.7. The quantitative estimate of drug-likeness (QED) is 0.225. The van der Waals surface area contributed by atoms with Crippen molar-refractivity contribution in [3.63, 3.8) is 0 Å². The molecular weight excluding hydrogens is 611 g/mol. The highest BCUT2D eigenvalue weighted by molar-refractivity contribution is 6.02. The Balaban J connectivity index is 1.29. The third kappa shape index (κ3) is 6.75. The molecule has 4 aromatic rings. The van der Waals surface area contributed by atoms with Crippen LogP contribution in [-0.4, -0.2) is 71.5 Å². The van der Waals surface area contributed by atoms with Gasteiger partial charge in [0.05, 0.1) is 5.69 Å². The standard InChI is InChI=1S/C36H41FN8O3/c1-22-7-5-9-30(32(22)37)39-21-29(38)36(47)45-20-17-27-28(8-6-10-31(27)44-18-15-26(16-19-44)43(3)4)33(45)35(46)41-25-13-11-24(12-14-25)34-40-23(2)48-42-34/h5-14,21,26,33,39H,15-20,38H2,1-4H3,(H,41,46)/b29-21-. The largest absolute Gasteiger partial charge is 0.393 e. The smallest absolute Gasteiger partial charge is 0.272 e. The van der Waals surface area contributed by atoms with Crippen molar-refractivity contribution in [3.05, 3.63) is 101 Å². The average Bonchev–Trinajstić information content (AvgIpc) is 3.54. The molecule has 12 heteroatoms. The van der Waals surface area contributed by atoms with E-state index in [0.29, 0.717) is 35.4 Å². The molecule has 1 atom stereocenters. The Labute approximate surface area is 279 Å². The summed E-state index contributed by atoms with van der Waals surface area (Å²) in [7, 11) is 4.23. The third-order valence-electron chi connectivity index (χ3n) is 9.20. The molecule has 1 aromatic heterocycles. The molecule has 2 aliphatic heterocycles. The van der Waals surface area contributed by atoms with Gasteiger partial charge in [0.2, 0.25) is 11.7 Å². The van der Waals surface area contributed by atoms with Crippen LogP contribution >= 0.6 is 0 Å². The average molecular weight is 653 g/mol. The predicted molar refractivity (Wildman–Crippen MR) is 184 cm³/mol. The van der Waals surface area contributed by atoms with Crippen molar-refractivity contribution in [3.8, 4) is 11.4 Å². The minimum absolute atomic E-state index is 0.140. The predicted octanol–water partition coefficient (Wildman–Crippen LogP) is 5.00. The number of aryl methyl sites for hydroxylation is 2. The number of anilines is 3. The molecule has 2 aliphatic rings. The summed E-state index contributed by atoms with van der Waals surface area (Å²) in [5.74, 6) is -0.424. The minimum Gasteiger partial charge on any atom is -0.393 e. The second-order valence-corrected chi connectivity index (χ2v) is 12.6. The number of nitrogens with one attached hydrogen (secondary N) is 2. The summed E-state index contributed by atoms with van der Waals surface area (Å²) >= 11 is 0. The third-order valence-corrected chi connectivity index (χ3v) is 9.20. The van der Waals surface area contributed by atoms with Crippen molar-refractivity contribution in [2.24, 2.45) is 5.73 Å². The van der Waals surface area contributed by atoms with Gasteiger partial charge < -0.3 is 35.6 Å². The van der Waals surface area contributed by atoms with Crippen LogP contribution in [0.15, 0.2) is 77.1 Å². The lowest BCUT2D eigenvalue weighted by molar-refractivity contribution is -0.136. The lowest BCUT2D eigenvalue weighted by Gasteiger charge is -2.41. The molecule has 1 saturated heterocycles. The molecule has 1 unspecified atom stereocenters. The minimum atomic E-state index is -0.956. The number of nitrogens with zero attached hydrogens (tertiary/aromatic N) is 5. The Morgan fingerprint density at radius 2 is 1.75 bits per heavy atom. The van der Waals surface area contributed by atoms with Crippen LogP contribution in [0.2, 0.25) is 0 Å². The monoisotopic (exact) mass is 652 g/mol. The lowest BCUT2D eigenvalue weighted by Crippen LogP contribution is -2.47. The van der Waals surface area contributed by atoms with E-state index in [4.69, 9.17) is 10.3 Å². The zero-order valence-electron chi connectivity index (χ0n) is 27.7. The van der Waals surface area contributed by atoms with Gasteiger partial charge in [-0.2, -0.15) is 4.98 Å². The van der Waals surface area contributed by atoms with Crippen LogP contribution in [0.1, 0.15) is 41.5 Å². The van der Waals surface area contributed by atoms with Crippen molar-refractivity contribution < 1.29 is 18.5 Å². The number of piperidine rings is 1. The fourth-order valence-electron chi connectivity index (χ4n) is 6.54. The zero-order chi connectivity index (χ0) is 33.9. The van der Waals surface area contributed by atoms with Crippen molar-refractivity contribution in [1.82, 2.24) is 19.9 Å². The molecule has 0 radical (unpaired) electrons. The Morgan fingerprint density at radius 3 is 2.44 bits per heavy atom. The van der Waals surface area contributed by atoms with Crippen LogP contribution < -0.4 is 21.3 Å².